The van der Waals surface area contributed by atoms with Crippen molar-refractivity contribution in [3.63, 3.8) is 0 Å². The van der Waals surface area contributed by atoms with Crippen LogP contribution in [-0.4, -0.2) is 19.6 Å². The predicted octanol–water partition coefficient (Wildman–Crippen LogP) is 2.97. The Morgan fingerprint density at radius 1 is 1.35 bits per heavy atom. The highest BCUT2D eigenvalue weighted by Crippen LogP contribution is 2.19. The van der Waals surface area contributed by atoms with Crippen LogP contribution in [0.25, 0.3) is 11.0 Å². The number of carbonyl (C=O) groups excluding carboxylic acids is 1. The van der Waals surface area contributed by atoms with Crippen molar-refractivity contribution < 1.29 is 13.9 Å². The van der Waals surface area contributed by atoms with Crippen molar-refractivity contribution in [2.45, 2.75) is 6.10 Å². The maximum absolute atomic E-state index is 12.2. The van der Waals surface area contributed by atoms with E-state index in [-0.39, 0.29) is 17.3 Å². The Bertz CT molecular complexity index is 870. The van der Waals surface area contributed by atoms with Gasteiger partial charge in [0.2, 0.25) is 0 Å². The number of methoxy groups -OCH3 is 1. The molecule has 1 unspecified atom stereocenters. The lowest BCUT2D eigenvalue weighted by atomic mass is 10.2. The van der Waals surface area contributed by atoms with Crippen LogP contribution in [0.5, 0.6) is 0 Å². The Morgan fingerprint density at radius 3 is 2.91 bits per heavy atom. The zero-order valence-corrected chi connectivity index (χ0v) is 13.3. The van der Waals surface area contributed by atoms with Gasteiger partial charge in [0.1, 0.15) is 11.7 Å². The van der Waals surface area contributed by atoms with Crippen molar-refractivity contribution in [1.82, 2.24) is 5.32 Å². The number of rotatable bonds is 5. The molecule has 0 radical (unpaired) electrons. The highest BCUT2D eigenvalue weighted by molar-refractivity contribution is 7.07. The van der Waals surface area contributed by atoms with Gasteiger partial charge in [0.15, 0.2) is 11.2 Å². The fourth-order valence-corrected chi connectivity index (χ4v) is 2.99. The highest BCUT2D eigenvalue weighted by Gasteiger charge is 2.16. The number of nitrogens with one attached hydrogen (secondary N) is 1. The molecule has 2 heterocycles. The van der Waals surface area contributed by atoms with Gasteiger partial charge in [-0.1, -0.05) is 12.1 Å². The molecule has 0 bridgehead atoms. The first-order valence-corrected chi connectivity index (χ1v) is 7.99. The molecule has 23 heavy (non-hydrogen) atoms. The quantitative estimate of drug-likeness (QED) is 0.781. The lowest BCUT2D eigenvalue weighted by Crippen LogP contribution is -2.29. The van der Waals surface area contributed by atoms with Crippen LogP contribution < -0.4 is 10.7 Å². The summed E-state index contributed by atoms with van der Waals surface area (Å²) in [4.78, 5) is 24.3. The Morgan fingerprint density at radius 2 is 2.17 bits per heavy atom. The van der Waals surface area contributed by atoms with E-state index >= 15 is 0 Å². The molecule has 118 valence electrons. The third-order valence-corrected chi connectivity index (χ3v) is 4.21. The number of ether oxygens (including phenoxy) is 1. The molecule has 3 aromatic rings. The van der Waals surface area contributed by atoms with Gasteiger partial charge in [-0.15, -0.1) is 0 Å². The van der Waals surface area contributed by atoms with Crippen molar-refractivity contribution in [2.24, 2.45) is 0 Å². The number of hydrogen-bond acceptors (Lipinski definition) is 5. The standard InChI is InChI=1S/C17H15NO4S/c1-21-16(11-6-7-23-10-11)9-18-17(20)15-8-13(19)12-4-2-3-5-14(12)22-15/h2-8,10,16H,9H2,1H3,(H,18,20). The molecule has 0 aliphatic carbocycles. The van der Waals surface area contributed by atoms with Gasteiger partial charge in [-0.2, -0.15) is 11.3 Å². The fraction of sp³-hybridized carbons (Fsp3) is 0.176. The second-order valence-electron chi connectivity index (χ2n) is 4.96. The van der Waals surface area contributed by atoms with E-state index in [4.69, 9.17) is 9.15 Å². The number of fused-ring (bicyclic) bond motifs is 1. The van der Waals surface area contributed by atoms with Gasteiger partial charge < -0.3 is 14.5 Å². The molecular formula is C17H15NO4S. The van der Waals surface area contributed by atoms with Crippen molar-refractivity contribution in [2.75, 3.05) is 13.7 Å². The third kappa shape index (κ3) is 3.33. The lowest BCUT2D eigenvalue weighted by molar-refractivity contribution is 0.0809. The topological polar surface area (TPSA) is 68.5 Å². The van der Waals surface area contributed by atoms with E-state index in [1.54, 1.807) is 42.7 Å². The molecule has 3 rings (SSSR count). The summed E-state index contributed by atoms with van der Waals surface area (Å²) in [7, 11) is 1.59. The highest BCUT2D eigenvalue weighted by atomic mass is 32.1. The van der Waals surface area contributed by atoms with Crippen LogP contribution in [0.4, 0.5) is 0 Å². The monoisotopic (exact) mass is 329 g/mol. The maximum Gasteiger partial charge on any atom is 0.287 e. The van der Waals surface area contributed by atoms with Crippen LogP contribution in [0, 0.1) is 0 Å². The smallest absolute Gasteiger partial charge is 0.287 e. The predicted molar refractivity (Wildman–Crippen MR) is 88.9 cm³/mol. The second-order valence-corrected chi connectivity index (χ2v) is 5.74. The van der Waals surface area contributed by atoms with Gasteiger partial charge in [0.25, 0.3) is 5.91 Å². The molecule has 0 aliphatic heterocycles. The average Bonchev–Trinajstić information content (AvgIpc) is 3.09. The van der Waals surface area contributed by atoms with Crippen LogP contribution >= 0.6 is 11.3 Å². The second kappa shape index (κ2) is 6.76. The minimum Gasteiger partial charge on any atom is -0.451 e. The fourth-order valence-electron chi connectivity index (χ4n) is 2.28. The largest absolute Gasteiger partial charge is 0.451 e. The zero-order valence-electron chi connectivity index (χ0n) is 12.4. The van der Waals surface area contributed by atoms with Crippen LogP contribution in [0.3, 0.4) is 0 Å². The van der Waals surface area contributed by atoms with Crippen molar-refractivity contribution in [1.29, 1.82) is 0 Å². The molecule has 0 fully saturated rings. The van der Waals surface area contributed by atoms with Crippen LogP contribution in [-0.2, 0) is 4.74 Å². The zero-order chi connectivity index (χ0) is 16.2. The minimum absolute atomic E-state index is 0.00567. The molecular weight excluding hydrogens is 314 g/mol. The molecule has 0 aliphatic rings. The van der Waals surface area contributed by atoms with Gasteiger partial charge in [0.05, 0.1) is 5.39 Å². The summed E-state index contributed by atoms with van der Waals surface area (Å²) in [5.41, 5.74) is 1.15. The minimum atomic E-state index is -0.440. The van der Waals surface area contributed by atoms with Gasteiger partial charge in [-0.3, -0.25) is 9.59 Å². The first-order valence-electron chi connectivity index (χ1n) is 7.05. The number of amides is 1. The first-order chi connectivity index (χ1) is 11.2. The van der Waals surface area contributed by atoms with E-state index in [1.807, 2.05) is 16.8 Å². The average molecular weight is 329 g/mol. The summed E-state index contributed by atoms with van der Waals surface area (Å²) < 4.78 is 10.9. The Kier molecular flexibility index (Phi) is 4.55. The van der Waals surface area contributed by atoms with Crippen molar-refractivity contribution in [3.8, 4) is 0 Å². The number of carbonyl (C=O) groups is 1. The van der Waals surface area contributed by atoms with E-state index in [1.165, 1.54) is 6.07 Å². The molecule has 1 aromatic carbocycles. The summed E-state index contributed by atoms with van der Waals surface area (Å²) in [5, 5.41) is 7.11. The molecule has 1 atom stereocenters. The van der Waals surface area contributed by atoms with E-state index in [9.17, 15) is 9.59 Å². The van der Waals surface area contributed by atoms with E-state index < -0.39 is 5.91 Å². The summed E-state index contributed by atoms with van der Waals surface area (Å²) in [6, 6.07) is 10.00. The number of hydrogen-bond donors (Lipinski definition) is 1. The van der Waals surface area contributed by atoms with E-state index in [0.29, 0.717) is 17.5 Å². The van der Waals surface area contributed by atoms with Crippen LogP contribution in [0.15, 0.2) is 56.4 Å². The summed E-state index contributed by atoms with van der Waals surface area (Å²) in [6.07, 6.45) is -0.239. The normalized spacial score (nSPS) is 12.2. The summed E-state index contributed by atoms with van der Waals surface area (Å²) in [5.74, 6) is -0.445. The maximum atomic E-state index is 12.2. The molecule has 5 nitrogen and oxygen atoms in total. The first kappa shape index (κ1) is 15.5. The van der Waals surface area contributed by atoms with Crippen LogP contribution in [0.2, 0.25) is 0 Å². The Labute approximate surface area is 136 Å². The van der Waals surface area contributed by atoms with Gasteiger partial charge in [-0.05, 0) is 34.5 Å². The molecule has 2 aromatic heterocycles. The van der Waals surface area contributed by atoms with Crippen molar-refractivity contribution in [3.05, 3.63) is 68.7 Å². The number of thiophene rings is 1. The number of benzene rings is 1. The third-order valence-electron chi connectivity index (χ3n) is 3.51. The van der Waals surface area contributed by atoms with Gasteiger partial charge in [0, 0.05) is 19.7 Å². The lowest BCUT2D eigenvalue weighted by Gasteiger charge is -2.14. The molecule has 0 saturated heterocycles. The molecule has 1 N–H and O–H groups in total. The molecule has 1 amide bonds. The van der Waals surface area contributed by atoms with Crippen LogP contribution in [0.1, 0.15) is 22.2 Å². The SMILES string of the molecule is COC(CNC(=O)c1cc(=O)c2ccccc2o1)c1ccsc1. The van der Waals surface area contributed by atoms with E-state index in [0.717, 1.165) is 5.56 Å². The van der Waals surface area contributed by atoms with Crippen molar-refractivity contribution >= 4 is 28.2 Å². The van der Waals surface area contributed by atoms with E-state index in [2.05, 4.69) is 5.32 Å². The Balaban J connectivity index is 1.77. The van der Waals surface area contributed by atoms with Gasteiger partial charge >= 0.3 is 0 Å². The summed E-state index contributed by atoms with van der Waals surface area (Å²) in [6.45, 7) is 0.294. The molecule has 0 saturated carbocycles. The Hall–Kier alpha value is -2.44. The molecule has 0 spiro atoms. The summed E-state index contributed by atoms with van der Waals surface area (Å²) >= 11 is 1.56. The van der Waals surface area contributed by atoms with Gasteiger partial charge in [-0.25, -0.2) is 0 Å². The molecule has 6 heteroatoms. The number of para-hydroxylation sites is 1.